The van der Waals surface area contributed by atoms with Gasteiger partial charge in [0.2, 0.25) is 0 Å². The second-order valence-electron chi connectivity index (χ2n) is 10.4. The molecular formula is C28H31NO5. The average molecular weight is 462 g/mol. The van der Waals surface area contributed by atoms with E-state index >= 15 is 0 Å². The number of rotatable bonds is 6. The molecular weight excluding hydrogens is 430 g/mol. The molecule has 6 heteroatoms. The molecule has 0 bridgehead atoms. The number of non-ortho nitro benzene ring substituents is 1. The van der Waals surface area contributed by atoms with Crippen molar-refractivity contribution in [3.05, 3.63) is 99.1 Å². The lowest BCUT2D eigenvalue weighted by Gasteiger charge is -2.25. The molecule has 178 valence electrons. The Labute approximate surface area is 200 Å². The van der Waals surface area contributed by atoms with Crippen molar-refractivity contribution in [3.8, 4) is 11.5 Å². The lowest BCUT2D eigenvalue weighted by atomic mass is 9.79. The van der Waals surface area contributed by atoms with Gasteiger partial charge in [0.05, 0.1) is 10.5 Å². The van der Waals surface area contributed by atoms with Crippen LogP contribution in [-0.2, 0) is 22.2 Å². The zero-order valence-corrected chi connectivity index (χ0v) is 20.5. The Bertz CT molecular complexity index is 1150. The Morgan fingerprint density at radius 1 is 0.824 bits per heavy atom. The Morgan fingerprint density at radius 3 is 1.94 bits per heavy atom. The first-order valence-corrected chi connectivity index (χ1v) is 11.2. The maximum Gasteiger partial charge on any atom is 0.338 e. The van der Waals surface area contributed by atoms with E-state index in [1.54, 1.807) is 24.3 Å². The van der Waals surface area contributed by atoms with Gasteiger partial charge in [0, 0.05) is 12.1 Å². The highest BCUT2D eigenvalue weighted by Crippen LogP contribution is 2.31. The Hall–Kier alpha value is -3.67. The highest BCUT2D eigenvalue weighted by molar-refractivity contribution is 5.90. The number of ether oxygens (including phenoxy) is 2. The highest BCUT2D eigenvalue weighted by Gasteiger charge is 2.22. The molecule has 0 spiro atoms. The summed E-state index contributed by atoms with van der Waals surface area (Å²) in [6.45, 7) is 12.9. The summed E-state index contributed by atoms with van der Waals surface area (Å²) < 4.78 is 11.4. The van der Waals surface area contributed by atoms with E-state index in [4.69, 9.17) is 9.47 Å². The Morgan fingerprint density at radius 2 is 1.41 bits per heavy atom. The highest BCUT2D eigenvalue weighted by atomic mass is 16.6. The Balaban J connectivity index is 1.73. The zero-order valence-electron chi connectivity index (χ0n) is 20.5. The number of hydrogen-bond acceptors (Lipinski definition) is 5. The summed E-state index contributed by atoms with van der Waals surface area (Å²) >= 11 is 0. The molecule has 0 atom stereocenters. The SMILES string of the molecule is CC(C)(C)c1cc(C(=O)OCc2cccc(Oc3ccc([N+](=O)[O-])cc3)c2)cc(C(C)(C)C)c1. The van der Waals surface area contributed by atoms with E-state index < -0.39 is 4.92 Å². The van der Waals surface area contributed by atoms with Gasteiger partial charge in [-0.25, -0.2) is 4.79 Å². The number of carbonyl (C=O) groups is 1. The molecule has 0 heterocycles. The predicted octanol–water partition coefficient (Wildman–Crippen LogP) is 7.34. The van der Waals surface area contributed by atoms with Crippen molar-refractivity contribution in [2.45, 2.75) is 59.0 Å². The molecule has 3 rings (SSSR count). The fourth-order valence-corrected chi connectivity index (χ4v) is 3.31. The third kappa shape index (κ3) is 6.44. The van der Waals surface area contributed by atoms with Crippen LogP contribution in [0.3, 0.4) is 0 Å². The van der Waals surface area contributed by atoms with Gasteiger partial charge >= 0.3 is 5.97 Å². The summed E-state index contributed by atoms with van der Waals surface area (Å²) in [5.41, 5.74) is 3.29. The molecule has 0 aliphatic rings. The van der Waals surface area contributed by atoms with Gasteiger partial charge in [0.15, 0.2) is 0 Å². The van der Waals surface area contributed by atoms with Gasteiger partial charge in [-0.1, -0.05) is 59.7 Å². The first-order chi connectivity index (χ1) is 15.8. The number of carbonyl (C=O) groups excluding carboxylic acids is 1. The normalized spacial score (nSPS) is 11.7. The van der Waals surface area contributed by atoms with E-state index in [2.05, 4.69) is 47.6 Å². The molecule has 0 aliphatic carbocycles. The standard InChI is InChI=1S/C28H31NO5/c1-27(2,3)21-15-20(16-22(17-21)28(4,5)6)26(30)33-18-19-8-7-9-25(14-19)34-24-12-10-23(11-13-24)29(31)32/h7-17H,18H2,1-6H3. The van der Waals surface area contributed by atoms with Crippen LogP contribution in [0.2, 0.25) is 0 Å². The molecule has 3 aromatic carbocycles. The van der Waals surface area contributed by atoms with E-state index in [9.17, 15) is 14.9 Å². The molecule has 0 saturated heterocycles. The molecule has 0 fully saturated rings. The number of nitrogens with zero attached hydrogens (tertiary/aromatic N) is 1. The van der Waals surface area contributed by atoms with Crippen LogP contribution in [-0.4, -0.2) is 10.9 Å². The van der Waals surface area contributed by atoms with Crippen molar-refractivity contribution < 1.29 is 19.2 Å². The van der Waals surface area contributed by atoms with Crippen LogP contribution in [0.15, 0.2) is 66.7 Å². The number of nitro benzene ring substituents is 1. The van der Waals surface area contributed by atoms with Gasteiger partial charge in [-0.15, -0.1) is 0 Å². The second kappa shape index (κ2) is 9.67. The fourth-order valence-electron chi connectivity index (χ4n) is 3.31. The van der Waals surface area contributed by atoms with E-state index in [1.165, 1.54) is 12.1 Å². The van der Waals surface area contributed by atoms with E-state index in [0.717, 1.165) is 16.7 Å². The van der Waals surface area contributed by atoms with Crippen molar-refractivity contribution >= 4 is 11.7 Å². The first kappa shape index (κ1) is 25.0. The largest absolute Gasteiger partial charge is 0.457 e. The maximum atomic E-state index is 12.9. The van der Waals surface area contributed by atoms with Crippen molar-refractivity contribution in [1.82, 2.24) is 0 Å². The third-order valence-electron chi connectivity index (χ3n) is 5.45. The maximum absolute atomic E-state index is 12.9. The summed E-state index contributed by atoms with van der Waals surface area (Å²) in [5, 5.41) is 10.8. The van der Waals surface area contributed by atoms with Crippen LogP contribution in [0.1, 0.15) is 68.6 Å². The summed E-state index contributed by atoms with van der Waals surface area (Å²) in [5.74, 6) is 0.652. The van der Waals surface area contributed by atoms with Crippen LogP contribution in [0.5, 0.6) is 11.5 Å². The van der Waals surface area contributed by atoms with Crippen molar-refractivity contribution in [2.24, 2.45) is 0 Å². The van der Waals surface area contributed by atoms with Gasteiger partial charge in [-0.05, 0) is 63.9 Å². The molecule has 0 saturated carbocycles. The molecule has 0 aromatic heterocycles. The molecule has 0 aliphatic heterocycles. The van der Waals surface area contributed by atoms with Crippen LogP contribution in [0, 0.1) is 10.1 Å². The van der Waals surface area contributed by atoms with Gasteiger partial charge in [0.25, 0.3) is 5.69 Å². The number of nitro groups is 1. The minimum absolute atomic E-state index is 0.00170. The number of benzene rings is 3. The molecule has 3 aromatic rings. The van der Waals surface area contributed by atoms with Crippen molar-refractivity contribution in [2.75, 3.05) is 0 Å². The van der Waals surface area contributed by atoms with Crippen LogP contribution in [0.4, 0.5) is 5.69 Å². The molecule has 0 amide bonds. The predicted molar refractivity (Wildman–Crippen MR) is 133 cm³/mol. The first-order valence-electron chi connectivity index (χ1n) is 11.2. The topological polar surface area (TPSA) is 78.7 Å². The monoisotopic (exact) mass is 461 g/mol. The number of esters is 1. The van der Waals surface area contributed by atoms with E-state index in [-0.39, 0.29) is 29.1 Å². The number of hydrogen-bond donors (Lipinski definition) is 0. The summed E-state index contributed by atoms with van der Waals surface area (Å²) in [6.07, 6.45) is 0. The summed E-state index contributed by atoms with van der Waals surface area (Å²) in [7, 11) is 0. The van der Waals surface area contributed by atoms with Gasteiger partial charge < -0.3 is 9.47 Å². The van der Waals surface area contributed by atoms with Crippen molar-refractivity contribution in [1.29, 1.82) is 0 Å². The summed E-state index contributed by atoms with van der Waals surface area (Å²) in [6, 6.07) is 19.0. The van der Waals surface area contributed by atoms with E-state index in [1.807, 2.05) is 24.3 Å². The Kier molecular flexibility index (Phi) is 7.10. The molecule has 34 heavy (non-hydrogen) atoms. The summed E-state index contributed by atoms with van der Waals surface area (Å²) in [4.78, 5) is 23.3. The minimum atomic E-state index is -0.458. The molecule has 0 radical (unpaired) electrons. The second-order valence-corrected chi connectivity index (χ2v) is 10.4. The van der Waals surface area contributed by atoms with Crippen LogP contribution < -0.4 is 4.74 Å². The molecule has 0 unspecified atom stereocenters. The average Bonchev–Trinajstić information content (AvgIpc) is 2.76. The molecule has 6 nitrogen and oxygen atoms in total. The van der Waals surface area contributed by atoms with Gasteiger partial charge in [-0.2, -0.15) is 0 Å². The zero-order chi connectivity index (χ0) is 25.1. The van der Waals surface area contributed by atoms with Crippen LogP contribution >= 0.6 is 0 Å². The quantitative estimate of drug-likeness (QED) is 0.218. The lowest BCUT2D eigenvalue weighted by Crippen LogP contribution is -2.18. The fraction of sp³-hybridized carbons (Fsp3) is 0.321. The van der Waals surface area contributed by atoms with Gasteiger partial charge in [-0.3, -0.25) is 10.1 Å². The van der Waals surface area contributed by atoms with Gasteiger partial charge in [0.1, 0.15) is 18.1 Å². The lowest BCUT2D eigenvalue weighted by molar-refractivity contribution is -0.384. The smallest absolute Gasteiger partial charge is 0.338 e. The minimum Gasteiger partial charge on any atom is -0.457 e. The third-order valence-corrected chi connectivity index (χ3v) is 5.45. The molecule has 0 N–H and O–H groups in total. The van der Waals surface area contributed by atoms with Crippen molar-refractivity contribution in [3.63, 3.8) is 0 Å². The van der Waals surface area contributed by atoms with Crippen LogP contribution in [0.25, 0.3) is 0 Å². The van der Waals surface area contributed by atoms with E-state index in [0.29, 0.717) is 17.1 Å².